The summed E-state index contributed by atoms with van der Waals surface area (Å²) < 4.78 is 134. The van der Waals surface area contributed by atoms with Gasteiger partial charge in [0, 0.05) is 64.6 Å². The summed E-state index contributed by atoms with van der Waals surface area (Å²) in [5.74, 6) is -6.35. The van der Waals surface area contributed by atoms with Crippen LogP contribution in [-0.2, 0) is 0 Å². The monoisotopic (exact) mass is 1020 g/mol. The van der Waals surface area contributed by atoms with Gasteiger partial charge in [-0.15, -0.1) is 0 Å². The largest absolute Gasteiger partial charge is 0.206 e. The van der Waals surface area contributed by atoms with Crippen molar-refractivity contribution in [1.29, 1.82) is 0 Å². The zero-order valence-electron chi connectivity index (χ0n) is 40.5. The van der Waals surface area contributed by atoms with Crippen LogP contribution >= 0.6 is 0 Å². The van der Waals surface area contributed by atoms with Gasteiger partial charge in [-0.1, -0.05) is 121 Å². The predicted molar refractivity (Wildman–Crippen MR) is 303 cm³/mol. The number of hydrogen-bond donors (Lipinski definition) is 0. The molecule has 8 heteroatoms. The fourth-order valence-corrected chi connectivity index (χ4v) is 13.0. The van der Waals surface area contributed by atoms with Gasteiger partial charge in [0.2, 0.25) is 0 Å². The molecule has 0 aliphatic carbocycles. The van der Waals surface area contributed by atoms with Gasteiger partial charge in [0.15, 0.2) is 0 Å². The zero-order valence-corrected chi connectivity index (χ0v) is 40.5. The van der Waals surface area contributed by atoms with Crippen molar-refractivity contribution in [1.82, 2.24) is 0 Å². The second-order valence-electron chi connectivity index (χ2n) is 20.4. The molecule has 0 radical (unpaired) electrons. The average Bonchev–Trinajstić information content (AvgIpc) is 3.65. The lowest BCUT2D eigenvalue weighted by atomic mass is 9.83. The maximum atomic E-state index is 17.2. The molecule has 0 heterocycles. The van der Waals surface area contributed by atoms with Crippen LogP contribution in [0.25, 0.3) is 163 Å². The van der Waals surface area contributed by atoms with Gasteiger partial charge in [-0.2, -0.15) is 0 Å². The molecule has 16 aromatic rings. The van der Waals surface area contributed by atoms with E-state index in [-0.39, 0.29) is 64.6 Å². The molecule has 78 heavy (non-hydrogen) atoms. The number of rotatable bonds is 4. The highest BCUT2D eigenvalue weighted by atomic mass is 19.2. The van der Waals surface area contributed by atoms with Crippen LogP contribution in [0, 0.1) is 46.5 Å². The van der Waals surface area contributed by atoms with Crippen molar-refractivity contribution in [2.24, 2.45) is 0 Å². The Morgan fingerprint density at radius 2 is 0.385 bits per heavy atom. The fourth-order valence-electron chi connectivity index (χ4n) is 13.0. The summed E-state index contributed by atoms with van der Waals surface area (Å²) in [7, 11) is 0. The lowest BCUT2D eigenvalue weighted by Crippen LogP contribution is -1.99. The first-order valence-corrected chi connectivity index (χ1v) is 25.3. The molecule has 16 aromatic carbocycles. The van der Waals surface area contributed by atoms with Crippen molar-refractivity contribution in [3.63, 3.8) is 0 Å². The van der Waals surface area contributed by atoms with Gasteiger partial charge >= 0.3 is 0 Å². The lowest BCUT2D eigenvalue weighted by Gasteiger charge is -2.20. The van der Waals surface area contributed by atoms with Gasteiger partial charge in [0.05, 0.1) is 0 Å². The average molecular weight is 1030 g/mol. The van der Waals surface area contributed by atoms with Crippen molar-refractivity contribution in [3.8, 4) is 44.5 Å². The normalized spacial score (nSPS) is 12.4. The molecule has 368 valence electrons. The van der Waals surface area contributed by atoms with Gasteiger partial charge in [0.25, 0.3) is 0 Å². The molecule has 0 amide bonds. The first kappa shape index (κ1) is 44.6. The molecule has 0 aliphatic rings. The van der Waals surface area contributed by atoms with Crippen LogP contribution < -0.4 is 0 Å². The summed E-state index contributed by atoms with van der Waals surface area (Å²) >= 11 is 0. The molecule has 0 bridgehead atoms. The van der Waals surface area contributed by atoms with E-state index in [2.05, 4.69) is 0 Å². The van der Waals surface area contributed by atoms with Gasteiger partial charge in [-0.25, -0.2) is 35.1 Å². The van der Waals surface area contributed by atoms with Gasteiger partial charge < -0.3 is 0 Å². The molecule has 0 nitrogen and oxygen atoms in total. The van der Waals surface area contributed by atoms with E-state index in [1.54, 1.807) is 24.3 Å². The fraction of sp³-hybridized carbons (Fsp3) is 0. The molecule has 16 rings (SSSR count). The topological polar surface area (TPSA) is 0 Å². The van der Waals surface area contributed by atoms with E-state index >= 15 is 35.1 Å². The Labute approximate surface area is 436 Å². The Hall–Kier alpha value is -9.66. The van der Waals surface area contributed by atoms with Crippen LogP contribution in [0.5, 0.6) is 0 Å². The van der Waals surface area contributed by atoms with Crippen LogP contribution in [0.4, 0.5) is 35.1 Å². The molecule has 0 fully saturated rings. The molecule has 0 aliphatic heterocycles. The van der Waals surface area contributed by atoms with Crippen LogP contribution in [0.1, 0.15) is 0 Å². The Kier molecular flexibility index (Phi) is 9.12. The van der Waals surface area contributed by atoms with E-state index in [0.29, 0.717) is 76.8 Å². The summed E-state index contributed by atoms with van der Waals surface area (Å²) in [5, 5.41) is 5.76. The van der Waals surface area contributed by atoms with Crippen LogP contribution in [-0.4, -0.2) is 0 Å². The third-order valence-electron chi connectivity index (χ3n) is 16.4. The minimum Gasteiger partial charge on any atom is -0.206 e. The highest BCUT2D eigenvalue weighted by Crippen LogP contribution is 2.51. The molecule has 0 aromatic heterocycles. The molecular weight excluding hydrogens is 993 g/mol. The van der Waals surface area contributed by atoms with Gasteiger partial charge in [-0.05, 0) is 171 Å². The van der Waals surface area contributed by atoms with Crippen LogP contribution in [0.15, 0.2) is 194 Å². The van der Waals surface area contributed by atoms with Crippen molar-refractivity contribution >= 4 is 118 Å². The van der Waals surface area contributed by atoms with Crippen LogP contribution in [0.3, 0.4) is 0 Å². The van der Waals surface area contributed by atoms with Gasteiger partial charge in [0.1, 0.15) is 46.5 Å². The molecule has 0 saturated carbocycles. The van der Waals surface area contributed by atoms with Crippen molar-refractivity contribution in [3.05, 3.63) is 241 Å². The predicted octanol–water partition coefficient (Wildman–Crippen LogP) is 21.0. The maximum absolute atomic E-state index is 17.2. The first-order valence-electron chi connectivity index (χ1n) is 25.3. The van der Waals surface area contributed by atoms with E-state index in [0.717, 1.165) is 21.5 Å². The highest BCUT2D eigenvalue weighted by Gasteiger charge is 2.29. The maximum Gasteiger partial charge on any atom is 0.132 e. The van der Waals surface area contributed by atoms with E-state index in [1.165, 1.54) is 72.8 Å². The highest BCUT2D eigenvalue weighted by molar-refractivity contribution is 6.37. The Bertz CT molecular complexity index is 4990. The third-order valence-corrected chi connectivity index (χ3v) is 16.4. The summed E-state index contributed by atoms with van der Waals surface area (Å²) in [6.45, 7) is 0. The summed E-state index contributed by atoms with van der Waals surface area (Å²) in [4.78, 5) is 0. The Morgan fingerprint density at radius 3 is 0.654 bits per heavy atom. The summed E-state index contributed by atoms with van der Waals surface area (Å²) in [6.07, 6.45) is 0. The number of hydrogen-bond acceptors (Lipinski definition) is 0. The smallest absolute Gasteiger partial charge is 0.132 e. The second-order valence-corrected chi connectivity index (χ2v) is 20.4. The van der Waals surface area contributed by atoms with E-state index in [4.69, 9.17) is 0 Å². The van der Waals surface area contributed by atoms with Crippen molar-refractivity contribution in [2.75, 3.05) is 0 Å². The van der Waals surface area contributed by atoms with Crippen molar-refractivity contribution < 1.29 is 35.1 Å². The van der Waals surface area contributed by atoms with Crippen molar-refractivity contribution in [2.45, 2.75) is 0 Å². The number of fused-ring (bicyclic) bond motifs is 7. The zero-order chi connectivity index (χ0) is 52.6. The molecule has 0 atom stereocenters. The quantitative estimate of drug-likeness (QED) is 0.0936. The third kappa shape index (κ3) is 6.05. The Balaban J connectivity index is 0.857. The summed E-state index contributed by atoms with van der Waals surface area (Å²) in [5.41, 5.74) is 3.99. The Morgan fingerprint density at radius 1 is 0.167 bits per heavy atom. The molecular formula is C70H32F8. The van der Waals surface area contributed by atoms with Crippen LogP contribution in [0.2, 0.25) is 0 Å². The second kappa shape index (κ2) is 15.9. The number of benzene rings is 16. The molecule has 0 saturated heterocycles. The summed E-state index contributed by atoms with van der Waals surface area (Å²) in [6, 6.07) is 53.8. The molecule has 0 unspecified atom stereocenters. The van der Waals surface area contributed by atoms with E-state index in [1.807, 2.05) is 97.1 Å². The molecule has 0 N–H and O–H groups in total. The minimum absolute atomic E-state index is 0.0435. The minimum atomic E-state index is -0.821. The lowest BCUT2D eigenvalue weighted by molar-refractivity contribution is 0.629. The standard InChI is InChI=1S/C70H32F8/c71-51-21-17-43-47(39-13-9-33-5-1-3-7-35(33)25-39)29-55(75)67-59(43)63(51)69-57(77)31-49(45-19-23-53(73)65(67)61(45)69)41-15-11-38-28-42(16-12-37(38)27-41)50-32-58(78)70-62-46(50)20-24-54(74)66(62)68-56(76)30-48(44-18-22-52(72)64(70)60(44)68)40-14-10-34-6-2-4-8-36(34)26-40/h1-32H. The molecule has 0 spiro atoms. The number of halogens is 8. The first-order chi connectivity index (χ1) is 38.0. The van der Waals surface area contributed by atoms with E-state index in [9.17, 15) is 0 Å². The van der Waals surface area contributed by atoms with E-state index < -0.39 is 46.5 Å². The SMILES string of the molecule is Fc1ccc2c(-c3ccc4ccccc4c3)cc(F)c3c4c(F)ccc5c(-c6ccc7cc(-c8cc(F)c9c%10c(F)ccc%11c(-c%12ccc%13ccccc%13c%12)cc(F)c(c%12c(F)ccc8c%129)c%11%10)ccc7c6)cc(F)c(c1c23)c54. The van der Waals surface area contributed by atoms with Gasteiger partial charge in [-0.3, -0.25) is 0 Å².